The van der Waals surface area contributed by atoms with E-state index in [1.54, 1.807) is 0 Å². The summed E-state index contributed by atoms with van der Waals surface area (Å²) in [7, 11) is 0. The predicted octanol–water partition coefficient (Wildman–Crippen LogP) is 2.48. The van der Waals surface area contributed by atoms with Crippen molar-refractivity contribution in [1.82, 2.24) is 10.3 Å². The highest BCUT2D eigenvalue weighted by molar-refractivity contribution is 5.91. The molecule has 8 heteroatoms. The first-order valence-corrected chi connectivity index (χ1v) is 8.36. The number of hydrogen-bond acceptors (Lipinski definition) is 5. The third-order valence-corrected chi connectivity index (χ3v) is 4.43. The van der Waals surface area contributed by atoms with Crippen molar-refractivity contribution in [3.63, 3.8) is 0 Å². The van der Waals surface area contributed by atoms with Gasteiger partial charge in [0, 0.05) is 30.8 Å². The molecule has 140 valence electrons. The summed E-state index contributed by atoms with van der Waals surface area (Å²) in [6.45, 7) is 2.31. The molecule has 0 spiro atoms. The van der Waals surface area contributed by atoms with Crippen LogP contribution in [0.2, 0.25) is 0 Å². The Morgan fingerprint density at radius 1 is 1.38 bits per heavy atom. The normalized spacial score (nSPS) is 17.7. The number of halogens is 2. The van der Waals surface area contributed by atoms with Gasteiger partial charge in [0.05, 0.1) is 6.54 Å². The van der Waals surface area contributed by atoms with Crippen molar-refractivity contribution >= 4 is 5.91 Å². The second kappa shape index (κ2) is 7.51. The number of benzene rings is 1. The van der Waals surface area contributed by atoms with Crippen LogP contribution in [0.5, 0.6) is 0 Å². The molecule has 0 aliphatic carbocycles. The van der Waals surface area contributed by atoms with E-state index in [-0.39, 0.29) is 23.7 Å². The molecule has 0 saturated carbocycles. The molecule has 1 saturated heterocycles. The maximum Gasteiger partial charge on any atom is 0.273 e. The molecule has 2 heterocycles. The SMILES string of the molecule is CC(O)(CNC(=O)c1coc(C2CCOCC2)n1)c1ccc(F)cc1F. The van der Waals surface area contributed by atoms with Gasteiger partial charge in [0.1, 0.15) is 23.5 Å². The predicted molar refractivity (Wildman–Crippen MR) is 87.6 cm³/mol. The number of carbonyl (C=O) groups excluding carboxylic acids is 1. The Hall–Kier alpha value is -2.32. The van der Waals surface area contributed by atoms with Gasteiger partial charge < -0.3 is 19.6 Å². The molecule has 1 unspecified atom stereocenters. The van der Waals surface area contributed by atoms with Crippen LogP contribution >= 0.6 is 0 Å². The molecule has 6 nitrogen and oxygen atoms in total. The van der Waals surface area contributed by atoms with Gasteiger partial charge in [-0.25, -0.2) is 13.8 Å². The van der Waals surface area contributed by atoms with E-state index in [0.717, 1.165) is 25.0 Å². The lowest BCUT2D eigenvalue weighted by atomic mass is 9.95. The summed E-state index contributed by atoms with van der Waals surface area (Å²) in [5.74, 6) is -1.58. The number of aromatic nitrogens is 1. The molecule has 0 bridgehead atoms. The average Bonchev–Trinajstić information content (AvgIpc) is 3.10. The van der Waals surface area contributed by atoms with Gasteiger partial charge in [0.25, 0.3) is 5.91 Å². The number of oxazole rings is 1. The van der Waals surface area contributed by atoms with Gasteiger partial charge in [-0.2, -0.15) is 0 Å². The molecule has 1 aromatic heterocycles. The minimum atomic E-state index is -1.71. The van der Waals surface area contributed by atoms with Crippen molar-refractivity contribution in [3.8, 4) is 0 Å². The lowest BCUT2D eigenvalue weighted by Crippen LogP contribution is -2.39. The summed E-state index contributed by atoms with van der Waals surface area (Å²) in [5.41, 5.74) is -1.73. The molecule has 2 aromatic rings. The van der Waals surface area contributed by atoms with Crippen molar-refractivity contribution < 1.29 is 27.8 Å². The lowest BCUT2D eigenvalue weighted by molar-refractivity contribution is 0.0493. The van der Waals surface area contributed by atoms with Crippen LogP contribution in [-0.2, 0) is 10.3 Å². The van der Waals surface area contributed by atoms with Gasteiger partial charge in [-0.3, -0.25) is 4.79 Å². The fourth-order valence-electron chi connectivity index (χ4n) is 2.89. The van der Waals surface area contributed by atoms with Crippen molar-refractivity contribution in [1.29, 1.82) is 0 Å². The van der Waals surface area contributed by atoms with Crippen LogP contribution in [-0.4, -0.2) is 35.8 Å². The summed E-state index contributed by atoms with van der Waals surface area (Å²) in [6.07, 6.45) is 2.81. The van der Waals surface area contributed by atoms with E-state index in [1.165, 1.54) is 13.2 Å². The summed E-state index contributed by atoms with van der Waals surface area (Å²) < 4.78 is 37.5. The number of aliphatic hydroxyl groups is 1. The maximum atomic E-state index is 13.9. The van der Waals surface area contributed by atoms with E-state index >= 15 is 0 Å². The third kappa shape index (κ3) is 4.08. The second-order valence-corrected chi connectivity index (χ2v) is 6.54. The van der Waals surface area contributed by atoms with Gasteiger partial charge >= 0.3 is 0 Å². The number of carbonyl (C=O) groups is 1. The summed E-state index contributed by atoms with van der Waals surface area (Å²) in [4.78, 5) is 16.4. The second-order valence-electron chi connectivity index (χ2n) is 6.54. The van der Waals surface area contributed by atoms with Crippen LogP contribution in [0.1, 0.15) is 47.6 Å². The molecular weight excluding hydrogens is 346 g/mol. The Labute approximate surface area is 149 Å². The highest BCUT2D eigenvalue weighted by atomic mass is 19.1. The molecule has 1 aliphatic rings. The lowest BCUT2D eigenvalue weighted by Gasteiger charge is -2.24. The number of amides is 1. The molecule has 2 N–H and O–H groups in total. The largest absolute Gasteiger partial charge is 0.448 e. The first kappa shape index (κ1) is 18.5. The highest BCUT2D eigenvalue weighted by Gasteiger charge is 2.28. The molecular formula is C18H20F2N2O4. The van der Waals surface area contributed by atoms with Gasteiger partial charge in [0.15, 0.2) is 11.6 Å². The molecule has 1 aromatic carbocycles. The molecule has 1 atom stereocenters. The highest BCUT2D eigenvalue weighted by Crippen LogP contribution is 2.26. The van der Waals surface area contributed by atoms with E-state index in [9.17, 15) is 18.7 Å². The Kier molecular flexibility index (Phi) is 5.33. The van der Waals surface area contributed by atoms with Gasteiger partial charge in [-0.1, -0.05) is 6.07 Å². The molecule has 26 heavy (non-hydrogen) atoms. The van der Waals surface area contributed by atoms with Crippen LogP contribution in [0.15, 0.2) is 28.9 Å². The number of nitrogens with one attached hydrogen (secondary N) is 1. The van der Waals surface area contributed by atoms with Crippen LogP contribution in [0, 0.1) is 11.6 Å². The summed E-state index contributed by atoms with van der Waals surface area (Å²) in [5, 5.41) is 12.9. The van der Waals surface area contributed by atoms with E-state index < -0.39 is 23.1 Å². The van der Waals surface area contributed by atoms with Crippen molar-refractivity contribution in [3.05, 3.63) is 53.2 Å². The fraction of sp³-hybridized carbons (Fsp3) is 0.444. The van der Waals surface area contributed by atoms with E-state index in [0.29, 0.717) is 25.2 Å². The summed E-state index contributed by atoms with van der Waals surface area (Å²) in [6, 6.07) is 2.88. The molecule has 0 radical (unpaired) electrons. The fourth-order valence-corrected chi connectivity index (χ4v) is 2.89. The Morgan fingerprint density at radius 2 is 2.12 bits per heavy atom. The first-order chi connectivity index (χ1) is 12.4. The standard InChI is InChI=1S/C18H20F2N2O4/c1-18(24,13-3-2-12(19)8-14(13)20)10-21-16(23)15-9-26-17(22-15)11-4-6-25-7-5-11/h2-3,8-9,11,24H,4-7,10H2,1H3,(H,21,23). The zero-order valence-electron chi connectivity index (χ0n) is 14.3. The van der Waals surface area contributed by atoms with Crippen molar-refractivity contribution in [2.75, 3.05) is 19.8 Å². The van der Waals surface area contributed by atoms with Crippen LogP contribution in [0.25, 0.3) is 0 Å². The minimum Gasteiger partial charge on any atom is -0.448 e. The zero-order valence-corrected chi connectivity index (χ0v) is 14.3. The summed E-state index contributed by atoms with van der Waals surface area (Å²) >= 11 is 0. The first-order valence-electron chi connectivity index (χ1n) is 8.36. The van der Waals surface area contributed by atoms with Crippen molar-refractivity contribution in [2.45, 2.75) is 31.3 Å². The number of hydrogen-bond donors (Lipinski definition) is 2. The topological polar surface area (TPSA) is 84.6 Å². The van der Waals surface area contributed by atoms with Crippen molar-refractivity contribution in [2.24, 2.45) is 0 Å². The van der Waals surface area contributed by atoms with E-state index in [4.69, 9.17) is 9.15 Å². The molecule has 1 aliphatic heterocycles. The number of ether oxygens (including phenoxy) is 1. The van der Waals surface area contributed by atoms with Crippen LogP contribution in [0.3, 0.4) is 0 Å². The van der Waals surface area contributed by atoms with Gasteiger partial charge in [0.2, 0.25) is 0 Å². The Balaban J connectivity index is 1.63. The maximum absolute atomic E-state index is 13.9. The van der Waals surface area contributed by atoms with Crippen LogP contribution in [0.4, 0.5) is 8.78 Å². The minimum absolute atomic E-state index is 0.0851. The average molecular weight is 366 g/mol. The smallest absolute Gasteiger partial charge is 0.273 e. The number of nitrogens with zero attached hydrogens (tertiary/aromatic N) is 1. The third-order valence-electron chi connectivity index (χ3n) is 4.43. The quantitative estimate of drug-likeness (QED) is 0.849. The molecule has 3 rings (SSSR count). The van der Waals surface area contributed by atoms with E-state index in [2.05, 4.69) is 10.3 Å². The van der Waals surface area contributed by atoms with Gasteiger partial charge in [-0.05, 0) is 25.8 Å². The Morgan fingerprint density at radius 3 is 2.81 bits per heavy atom. The zero-order chi connectivity index (χ0) is 18.7. The molecule has 1 amide bonds. The van der Waals surface area contributed by atoms with Gasteiger partial charge in [-0.15, -0.1) is 0 Å². The Bertz CT molecular complexity index is 785. The monoisotopic (exact) mass is 366 g/mol. The van der Waals surface area contributed by atoms with E-state index in [1.807, 2.05) is 0 Å². The number of rotatable bonds is 5. The van der Waals surface area contributed by atoms with Crippen LogP contribution < -0.4 is 5.32 Å². The molecule has 1 fully saturated rings.